The van der Waals surface area contributed by atoms with E-state index in [0.717, 1.165) is 16.9 Å². The summed E-state index contributed by atoms with van der Waals surface area (Å²) in [5, 5.41) is 14.2. The Morgan fingerprint density at radius 3 is 2.39 bits per heavy atom. The molecule has 0 saturated heterocycles. The molecule has 4 heteroatoms. The molecular formula is C14H19N3O. The molecule has 0 fully saturated rings. The Bertz CT molecular complexity index is 579. The SMILES string of the molecule is Cc1ccc(-n2nc(C(C)(C)C)cc2N)cc1O. The largest absolute Gasteiger partial charge is 0.508 e. The van der Waals surface area contributed by atoms with E-state index in [1.807, 2.05) is 25.1 Å². The summed E-state index contributed by atoms with van der Waals surface area (Å²) in [6.07, 6.45) is 0. The molecule has 0 atom stereocenters. The van der Waals surface area contributed by atoms with E-state index >= 15 is 0 Å². The molecule has 0 unspecified atom stereocenters. The molecule has 0 aliphatic carbocycles. The van der Waals surface area contributed by atoms with Crippen molar-refractivity contribution in [3.05, 3.63) is 35.5 Å². The van der Waals surface area contributed by atoms with Gasteiger partial charge in [-0.15, -0.1) is 0 Å². The highest BCUT2D eigenvalue weighted by Gasteiger charge is 2.19. The highest BCUT2D eigenvalue weighted by molar-refractivity contribution is 5.48. The maximum absolute atomic E-state index is 9.74. The first-order valence-corrected chi connectivity index (χ1v) is 5.95. The molecule has 2 rings (SSSR count). The lowest BCUT2D eigenvalue weighted by molar-refractivity contribution is 0.470. The van der Waals surface area contributed by atoms with E-state index < -0.39 is 0 Å². The van der Waals surface area contributed by atoms with Crippen LogP contribution in [-0.4, -0.2) is 14.9 Å². The third kappa shape index (κ3) is 2.18. The number of nitrogen functional groups attached to an aromatic ring is 1. The van der Waals surface area contributed by atoms with Gasteiger partial charge >= 0.3 is 0 Å². The lowest BCUT2D eigenvalue weighted by atomic mass is 9.92. The summed E-state index contributed by atoms with van der Waals surface area (Å²) in [4.78, 5) is 0. The van der Waals surface area contributed by atoms with Gasteiger partial charge in [0.25, 0.3) is 0 Å². The predicted molar refractivity (Wildman–Crippen MR) is 73.1 cm³/mol. The Labute approximate surface area is 107 Å². The van der Waals surface area contributed by atoms with Crippen LogP contribution in [-0.2, 0) is 5.41 Å². The molecule has 1 aromatic heterocycles. The molecule has 3 N–H and O–H groups in total. The Balaban J connectivity index is 2.51. The zero-order valence-electron chi connectivity index (χ0n) is 11.2. The summed E-state index contributed by atoms with van der Waals surface area (Å²) < 4.78 is 1.65. The molecular weight excluding hydrogens is 226 g/mol. The molecule has 18 heavy (non-hydrogen) atoms. The summed E-state index contributed by atoms with van der Waals surface area (Å²) in [6.45, 7) is 8.12. The second-order valence-corrected chi connectivity index (χ2v) is 5.59. The van der Waals surface area contributed by atoms with Crippen molar-refractivity contribution in [3.8, 4) is 11.4 Å². The quantitative estimate of drug-likeness (QED) is 0.812. The number of hydrogen-bond donors (Lipinski definition) is 2. The monoisotopic (exact) mass is 245 g/mol. The lowest BCUT2D eigenvalue weighted by Gasteiger charge is -2.14. The first kappa shape index (κ1) is 12.5. The first-order chi connectivity index (χ1) is 8.29. The zero-order valence-corrected chi connectivity index (χ0v) is 11.2. The summed E-state index contributed by atoms with van der Waals surface area (Å²) in [7, 11) is 0. The van der Waals surface area contributed by atoms with Crippen molar-refractivity contribution in [1.29, 1.82) is 0 Å². The Kier molecular flexibility index (Phi) is 2.81. The molecule has 2 aromatic rings. The molecule has 0 bridgehead atoms. The number of aromatic nitrogens is 2. The van der Waals surface area contributed by atoms with Gasteiger partial charge in [-0.05, 0) is 18.6 Å². The van der Waals surface area contributed by atoms with Crippen molar-refractivity contribution in [1.82, 2.24) is 9.78 Å². The van der Waals surface area contributed by atoms with E-state index in [-0.39, 0.29) is 11.2 Å². The fourth-order valence-electron chi connectivity index (χ4n) is 1.70. The van der Waals surface area contributed by atoms with Gasteiger partial charge in [0.05, 0.1) is 11.4 Å². The van der Waals surface area contributed by atoms with Crippen molar-refractivity contribution in [2.45, 2.75) is 33.1 Å². The number of nitrogens with two attached hydrogens (primary N) is 1. The Morgan fingerprint density at radius 1 is 1.22 bits per heavy atom. The Morgan fingerprint density at radius 2 is 1.89 bits per heavy atom. The van der Waals surface area contributed by atoms with Crippen molar-refractivity contribution >= 4 is 5.82 Å². The van der Waals surface area contributed by atoms with Crippen LogP contribution >= 0.6 is 0 Å². The van der Waals surface area contributed by atoms with Gasteiger partial charge in [0, 0.05) is 17.5 Å². The van der Waals surface area contributed by atoms with E-state index in [9.17, 15) is 5.11 Å². The van der Waals surface area contributed by atoms with Crippen LogP contribution in [0.1, 0.15) is 32.0 Å². The topological polar surface area (TPSA) is 64.1 Å². The van der Waals surface area contributed by atoms with E-state index in [0.29, 0.717) is 5.82 Å². The molecule has 0 spiro atoms. The molecule has 0 radical (unpaired) electrons. The van der Waals surface area contributed by atoms with Crippen LogP contribution in [0.3, 0.4) is 0 Å². The average molecular weight is 245 g/mol. The van der Waals surface area contributed by atoms with Crippen LogP contribution < -0.4 is 5.73 Å². The smallest absolute Gasteiger partial charge is 0.127 e. The third-order valence-electron chi connectivity index (χ3n) is 2.94. The average Bonchev–Trinajstić information content (AvgIpc) is 2.64. The van der Waals surface area contributed by atoms with Gasteiger partial charge < -0.3 is 10.8 Å². The van der Waals surface area contributed by atoms with E-state index in [1.54, 1.807) is 10.7 Å². The van der Waals surface area contributed by atoms with Gasteiger partial charge in [-0.3, -0.25) is 0 Å². The zero-order chi connectivity index (χ0) is 13.5. The lowest BCUT2D eigenvalue weighted by Crippen LogP contribution is -2.12. The number of benzene rings is 1. The maximum Gasteiger partial charge on any atom is 0.127 e. The molecule has 1 aromatic carbocycles. The minimum atomic E-state index is -0.0495. The number of hydrogen-bond acceptors (Lipinski definition) is 3. The van der Waals surface area contributed by atoms with Crippen LogP contribution in [0.4, 0.5) is 5.82 Å². The van der Waals surface area contributed by atoms with Crippen molar-refractivity contribution in [3.63, 3.8) is 0 Å². The van der Waals surface area contributed by atoms with Crippen LogP contribution in [0.15, 0.2) is 24.3 Å². The molecule has 1 heterocycles. The Hall–Kier alpha value is -1.97. The number of phenols is 1. The van der Waals surface area contributed by atoms with Gasteiger partial charge in [0.1, 0.15) is 11.6 Å². The van der Waals surface area contributed by atoms with Crippen molar-refractivity contribution < 1.29 is 5.11 Å². The van der Waals surface area contributed by atoms with E-state index in [2.05, 4.69) is 25.9 Å². The summed E-state index contributed by atoms with van der Waals surface area (Å²) in [6, 6.07) is 7.29. The molecule has 0 aliphatic rings. The van der Waals surface area contributed by atoms with E-state index in [1.165, 1.54) is 0 Å². The number of phenolic OH excluding ortho intramolecular Hbond substituents is 1. The van der Waals surface area contributed by atoms with Gasteiger partial charge in [-0.25, -0.2) is 4.68 Å². The van der Waals surface area contributed by atoms with Crippen molar-refractivity contribution in [2.24, 2.45) is 0 Å². The summed E-state index contributed by atoms with van der Waals surface area (Å²) in [5.74, 6) is 0.822. The highest BCUT2D eigenvalue weighted by atomic mass is 16.3. The van der Waals surface area contributed by atoms with E-state index in [4.69, 9.17) is 5.73 Å². The van der Waals surface area contributed by atoms with Crippen LogP contribution in [0.2, 0.25) is 0 Å². The first-order valence-electron chi connectivity index (χ1n) is 5.95. The van der Waals surface area contributed by atoms with Crippen LogP contribution in [0.5, 0.6) is 5.75 Å². The summed E-state index contributed by atoms with van der Waals surface area (Å²) >= 11 is 0. The fourth-order valence-corrected chi connectivity index (χ4v) is 1.70. The molecule has 0 saturated carbocycles. The van der Waals surface area contributed by atoms with Crippen molar-refractivity contribution in [2.75, 3.05) is 5.73 Å². The molecule has 4 nitrogen and oxygen atoms in total. The minimum Gasteiger partial charge on any atom is -0.508 e. The normalized spacial score (nSPS) is 11.8. The highest BCUT2D eigenvalue weighted by Crippen LogP contribution is 2.26. The number of anilines is 1. The predicted octanol–water partition coefficient (Wildman–Crippen LogP) is 2.77. The van der Waals surface area contributed by atoms with Gasteiger partial charge in [-0.2, -0.15) is 5.10 Å². The molecule has 96 valence electrons. The van der Waals surface area contributed by atoms with Gasteiger partial charge in [-0.1, -0.05) is 26.8 Å². The molecule has 0 aliphatic heterocycles. The second-order valence-electron chi connectivity index (χ2n) is 5.59. The second kappa shape index (κ2) is 4.05. The number of aromatic hydroxyl groups is 1. The van der Waals surface area contributed by atoms with Gasteiger partial charge in [0.2, 0.25) is 0 Å². The number of aryl methyl sites for hydroxylation is 1. The molecule has 0 amide bonds. The maximum atomic E-state index is 9.74. The third-order valence-corrected chi connectivity index (χ3v) is 2.94. The fraction of sp³-hybridized carbons (Fsp3) is 0.357. The number of rotatable bonds is 1. The minimum absolute atomic E-state index is 0.0495. The van der Waals surface area contributed by atoms with Crippen LogP contribution in [0.25, 0.3) is 5.69 Å². The number of nitrogens with zero attached hydrogens (tertiary/aromatic N) is 2. The van der Waals surface area contributed by atoms with Crippen LogP contribution in [0, 0.1) is 6.92 Å². The standard InChI is InChI=1S/C14H19N3O/c1-9-5-6-10(7-11(9)18)17-13(15)8-12(16-17)14(2,3)4/h5-8,18H,15H2,1-4H3. The van der Waals surface area contributed by atoms with Gasteiger partial charge in [0.15, 0.2) is 0 Å². The summed E-state index contributed by atoms with van der Waals surface area (Å²) in [5.41, 5.74) is 8.46.